The van der Waals surface area contributed by atoms with Crippen LogP contribution in [-0.4, -0.2) is 56.2 Å². The Labute approximate surface area is 152 Å². The molecule has 0 radical (unpaired) electrons. The second kappa shape index (κ2) is 7.27. The molecule has 0 bridgehead atoms. The van der Waals surface area contributed by atoms with E-state index in [1.54, 1.807) is 17.3 Å². The highest BCUT2D eigenvalue weighted by Crippen LogP contribution is 2.28. The van der Waals surface area contributed by atoms with Crippen LogP contribution in [-0.2, 0) is 16.1 Å². The van der Waals surface area contributed by atoms with Crippen LogP contribution in [0.4, 0.5) is 0 Å². The minimum atomic E-state index is -0.230. The van der Waals surface area contributed by atoms with Crippen molar-refractivity contribution in [3.63, 3.8) is 0 Å². The Balaban J connectivity index is 1.32. The van der Waals surface area contributed by atoms with E-state index < -0.39 is 0 Å². The molecule has 2 aliphatic rings. The lowest BCUT2D eigenvalue weighted by molar-refractivity contribution is -0.136. The van der Waals surface area contributed by atoms with E-state index >= 15 is 0 Å². The fourth-order valence-corrected chi connectivity index (χ4v) is 3.91. The van der Waals surface area contributed by atoms with Crippen molar-refractivity contribution in [3.05, 3.63) is 48.3 Å². The summed E-state index contributed by atoms with van der Waals surface area (Å²) in [5.74, 6) is 1.32. The number of hydrogen-bond acceptors (Lipinski definition) is 4. The van der Waals surface area contributed by atoms with Crippen molar-refractivity contribution in [2.75, 3.05) is 19.6 Å². The van der Waals surface area contributed by atoms with Gasteiger partial charge < -0.3 is 14.8 Å². The molecular weight excluding hydrogens is 330 g/mol. The minimum absolute atomic E-state index is 0.0412. The Kier molecular flexibility index (Phi) is 4.69. The Bertz CT molecular complexity index is 754. The van der Waals surface area contributed by atoms with E-state index in [2.05, 4.69) is 15.0 Å². The van der Waals surface area contributed by atoms with Crippen LogP contribution in [0.1, 0.15) is 36.7 Å². The average molecular weight is 353 g/mol. The highest BCUT2D eigenvalue weighted by Gasteiger charge is 2.37. The average Bonchev–Trinajstić information content (AvgIpc) is 3.33. The van der Waals surface area contributed by atoms with Gasteiger partial charge in [-0.15, -0.1) is 0 Å². The lowest BCUT2D eigenvalue weighted by Crippen LogP contribution is -2.42. The Hall–Kier alpha value is -2.70. The maximum absolute atomic E-state index is 12.8. The fraction of sp³-hybridized carbons (Fsp3) is 0.474. The number of nitrogens with zero attached hydrogens (tertiary/aromatic N) is 4. The van der Waals surface area contributed by atoms with Crippen molar-refractivity contribution in [2.45, 2.75) is 31.7 Å². The maximum atomic E-state index is 12.8. The number of carbonyl (C=O) groups excluding carboxylic acids is 2. The molecule has 7 heteroatoms. The number of likely N-dealkylation sites (tertiary alicyclic amines) is 2. The number of aromatic amines is 1. The highest BCUT2D eigenvalue weighted by molar-refractivity contribution is 5.89. The van der Waals surface area contributed by atoms with Crippen LogP contribution in [0.5, 0.6) is 0 Å². The van der Waals surface area contributed by atoms with Crippen molar-refractivity contribution in [3.8, 4) is 0 Å². The molecule has 0 aliphatic carbocycles. The van der Waals surface area contributed by atoms with E-state index in [0.29, 0.717) is 25.4 Å². The maximum Gasteiger partial charge on any atom is 0.227 e. The standard InChI is InChI=1S/C19H23N5O2/c25-17-11-15(12-24(17)13-16-3-1-2-6-20-16)19(26)23-9-4-14(5-10-23)18-21-7-8-22-18/h1-3,6-8,14-15H,4-5,9-13H2,(H,21,22). The third kappa shape index (κ3) is 3.47. The number of H-pyrrole nitrogens is 1. The predicted octanol–water partition coefficient (Wildman–Crippen LogP) is 1.56. The monoisotopic (exact) mass is 353 g/mol. The van der Waals surface area contributed by atoms with Gasteiger partial charge >= 0.3 is 0 Å². The highest BCUT2D eigenvalue weighted by atomic mass is 16.2. The lowest BCUT2D eigenvalue weighted by atomic mass is 9.95. The van der Waals surface area contributed by atoms with Gasteiger partial charge in [0.2, 0.25) is 11.8 Å². The fourth-order valence-electron chi connectivity index (χ4n) is 3.91. The zero-order valence-electron chi connectivity index (χ0n) is 14.7. The van der Waals surface area contributed by atoms with Gasteiger partial charge in [-0.3, -0.25) is 14.6 Å². The molecule has 7 nitrogen and oxygen atoms in total. The molecule has 1 N–H and O–H groups in total. The summed E-state index contributed by atoms with van der Waals surface area (Å²) < 4.78 is 0. The van der Waals surface area contributed by atoms with Crippen LogP contribution in [0.15, 0.2) is 36.8 Å². The lowest BCUT2D eigenvalue weighted by Gasteiger charge is -2.32. The quantitative estimate of drug-likeness (QED) is 0.904. The van der Waals surface area contributed by atoms with Crippen LogP contribution >= 0.6 is 0 Å². The van der Waals surface area contributed by atoms with Crippen LogP contribution in [0.25, 0.3) is 0 Å². The topological polar surface area (TPSA) is 82.2 Å². The summed E-state index contributed by atoms with van der Waals surface area (Å²) in [4.78, 5) is 40.6. The Morgan fingerprint density at radius 3 is 2.73 bits per heavy atom. The summed E-state index contributed by atoms with van der Waals surface area (Å²) in [6, 6.07) is 5.67. The molecule has 1 atom stereocenters. The third-order valence-corrected chi connectivity index (χ3v) is 5.36. The second-order valence-corrected chi connectivity index (χ2v) is 7.07. The van der Waals surface area contributed by atoms with Crippen molar-refractivity contribution in [2.24, 2.45) is 5.92 Å². The van der Waals surface area contributed by atoms with Gasteiger partial charge in [0.05, 0.1) is 18.2 Å². The van der Waals surface area contributed by atoms with Crippen LogP contribution in [0, 0.1) is 5.92 Å². The number of nitrogens with one attached hydrogen (secondary N) is 1. The van der Waals surface area contributed by atoms with Crippen molar-refractivity contribution < 1.29 is 9.59 Å². The number of rotatable bonds is 4. The first kappa shape index (κ1) is 16.8. The first-order valence-electron chi connectivity index (χ1n) is 9.16. The number of pyridine rings is 1. The van der Waals surface area contributed by atoms with E-state index in [9.17, 15) is 9.59 Å². The molecule has 0 aromatic carbocycles. The Morgan fingerprint density at radius 2 is 2.04 bits per heavy atom. The van der Waals surface area contributed by atoms with Gasteiger partial charge in [0.25, 0.3) is 0 Å². The Morgan fingerprint density at radius 1 is 1.19 bits per heavy atom. The van der Waals surface area contributed by atoms with Gasteiger partial charge in [0.1, 0.15) is 5.82 Å². The molecule has 2 aromatic heterocycles. The molecule has 26 heavy (non-hydrogen) atoms. The number of imidazole rings is 1. The van der Waals surface area contributed by atoms with Crippen LogP contribution < -0.4 is 0 Å². The SMILES string of the molecule is O=C1CC(C(=O)N2CCC(c3ncc[nH]3)CC2)CN1Cc1ccccn1. The largest absolute Gasteiger partial charge is 0.348 e. The molecule has 136 valence electrons. The minimum Gasteiger partial charge on any atom is -0.348 e. The second-order valence-electron chi connectivity index (χ2n) is 7.07. The molecule has 1 unspecified atom stereocenters. The summed E-state index contributed by atoms with van der Waals surface area (Å²) in [5.41, 5.74) is 0.855. The third-order valence-electron chi connectivity index (χ3n) is 5.36. The number of aromatic nitrogens is 3. The molecule has 2 saturated heterocycles. The van der Waals surface area contributed by atoms with Crippen molar-refractivity contribution >= 4 is 11.8 Å². The summed E-state index contributed by atoms with van der Waals surface area (Å²) in [7, 11) is 0. The first-order chi connectivity index (χ1) is 12.7. The number of carbonyl (C=O) groups is 2. The van der Waals surface area contributed by atoms with Gasteiger partial charge in [-0.2, -0.15) is 0 Å². The molecule has 2 amide bonds. The number of piperidine rings is 1. The van der Waals surface area contributed by atoms with E-state index in [4.69, 9.17) is 0 Å². The molecule has 2 aromatic rings. The van der Waals surface area contributed by atoms with Gasteiger partial charge in [-0.1, -0.05) is 6.07 Å². The number of amides is 2. The molecule has 0 spiro atoms. The summed E-state index contributed by atoms with van der Waals surface area (Å²) in [6.45, 7) is 2.43. The smallest absolute Gasteiger partial charge is 0.227 e. The van der Waals surface area contributed by atoms with Gasteiger partial charge in [-0.25, -0.2) is 4.98 Å². The van der Waals surface area contributed by atoms with E-state index in [1.807, 2.05) is 29.3 Å². The zero-order valence-corrected chi connectivity index (χ0v) is 14.7. The van der Waals surface area contributed by atoms with Crippen molar-refractivity contribution in [1.29, 1.82) is 0 Å². The van der Waals surface area contributed by atoms with E-state index in [0.717, 1.165) is 37.4 Å². The molecule has 4 rings (SSSR count). The zero-order chi connectivity index (χ0) is 17.9. The van der Waals surface area contributed by atoms with Crippen molar-refractivity contribution in [1.82, 2.24) is 24.8 Å². The van der Waals surface area contributed by atoms with Gasteiger partial charge in [0.15, 0.2) is 0 Å². The molecule has 4 heterocycles. The molecule has 2 fully saturated rings. The van der Waals surface area contributed by atoms with Gasteiger partial charge in [0, 0.05) is 50.6 Å². The first-order valence-corrected chi connectivity index (χ1v) is 9.16. The molecule has 2 aliphatic heterocycles. The predicted molar refractivity (Wildman–Crippen MR) is 94.9 cm³/mol. The van der Waals surface area contributed by atoms with Gasteiger partial charge in [-0.05, 0) is 25.0 Å². The van der Waals surface area contributed by atoms with E-state index in [-0.39, 0.29) is 17.7 Å². The summed E-state index contributed by atoms with van der Waals surface area (Å²) in [6.07, 6.45) is 7.47. The normalized spacial score (nSPS) is 21.4. The van der Waals surface area contributed by atoms with Crippen LogP contribution in [0.2, 0.25) is 0 Å². The van der Waals surface area contributed by atoms with E-state index in [1.165, 1.54) is 0 Å². The summed E-state index contributed by atoms with van der Waals surface area (Å²) in [5, 5.41) is 0. The molecule has 0 saturated carbocycles. The molecular formula is C19H23N5O2. The van der Waals surface area contributed by atoms with Crippen LogP contribution in [0.3, 0.4) is 0 Å². The number of hydrogen-bond donors (Lipinski definition) is 1. The summed E-state index contributed by atoms with van der Waals surface area (Å²) >= 11 is 0.